The monoisotopic (exact) mass is 325 g/mol. The lowest BCUT2D eigenvalue weighted by atomic mass is 10.0. The molecule has 0 aliphatic carbocycles. The third-order valence-electron chi connectivity index (χ3n) is 3.60. The predicted molar refractivity (Wildman–Crippen MR) is 87.9 cm³/mol. The van der Waals surface area contributed by atoms with Crippen molar-refractivity contribution in [2.24, 2.45) is 0 Å². The smallest absolute Gasteiger partial charge is 0.0270 e. The second-order valence-electron chi connectivity index (χ2n) is 5.33. The van der Waals surface area contributed by atoms with Crippen molar-refractivity contribution in [3.8, 4) is 0 Å². The van der Waals surface area contributed by atoms with Crippen molar-refractivity contribution < 1.29 is 0 Å². The Bertz CT molecular complexity index is 287. The van der Waals surface area contributed by atoms with Gasteiger partial charge in [0.2, 0.25) is 0 Å². The molecule has 1 aromatic heterocycles. The van der Waals surface area contributed by atoms with Crippen LogP contribution in [0.2, 0.25) is 0 Å². The van der Waals surface area contributed by atoms with Gasteiger partial charge in [-0.1, -0.05) is 67.3 Å². The third kappa shape index (κ3) is 10.1. The van der Waals surface area contributed by atoms with Crippen LogP contribution in [-0.4, -0.2) is 10.3 Å². The molecule has 0 aromatic carbocycles. The summed E-state index contributed by atoms with van der Waals surface area (Å²) in [6, 6.07) is 4.26. The zero-order chi connectivity index (χ0) is 13.6. The van der Waals surface area contributed by atoms with E-state index < -0.39 is 0 Å². The second kappa shape index (κ2) is 12.7. The maximum atomic E-state index is 4.05. The Hall–Kier alpha value is -0.370. The zero-order valence-electron chi connectivity index (χ0n) is 12.1. The van der Waals surface area contributed by atoms with Gasteiger partial charge in [-0.3, -0.25) is 4.98 Å². The van der Waals surface area contributed by atoms with Crippen molar-refractivity contribution in [3.05, 3.63) is 30.1 Å². The van der Waals surface area contributed by atoms with E-state index in [0.29, 0.717) is 0 Å². The number of aromatic nitrogens is 1. The van der Waals surface area contributed by atoms with Gasteiger partial charge in [0.1, 0.15) is 0 Å². The number of hydrogen-bond donors (Lipinski definition) is 0. The molecule has 1 heterocycles. The van der Waals surface area contributed by atoms with Gasteiger partial charge in [-0.05, 0) is 37.0 Å². The lowest BCUT2D eigenvalue weighted by Gasteiger charge is -2.03. The predicted octanol–water partition coefficient (Wildman–Crippen LogP) is 5.92. The number of rotatable bonds is 12. The Kier molecular flexibility index (Phi) is 11.1. The molecule has 1 aromatic rings. The van der Waals surface area contributed by atoms with Crippen LogP contribution >= 0.6 is 15.9 Å². The van der Waals surface area contributed by atoms with Gasteiger partial charge >= 0.3 is 0 Å². The minimum atomic E-state index is 1.17. The van der Waals surface area contributed by atoms with E-state index in [1.54, 1.807) is 0 Å². The average molecular weight is 326 g/mol. The third-order valence-corrected chi connectivity index (χ3v) is 4.16. The lowest BCUT2D eigenvalue weighted by Crippen LogP contribution is -1.87. The van der Waals surface area contributed by atoms with Crippen molar-refractivity contribution in [1.82, 2.24) is 4.98 Å². The summed E-state index contributed by atoms with van der Waals surface area (Å²) in [6.45, 7) is 0. The van der Waals surface area contributed by atoms with Crippen LogP contribution in [0.1, 0.15) is 69.8 Å². The van der Waals surface area contributed by atoms with Crippen LogP contribution < -0.4 is 0 Å². The molecule has 0 bridgehead atoms. The molecular formula is C17H28BrN. The molecule has 0 fully saturated rings. The van der Waals surface area contributed by atoms with Crippen molar-refractivity contribution in [3.63, 3.8) is 0 Å². The van der Waals surface area contributed by atoms with E-state index in [-0.39, 0.29) is 0 Å². The van der Waals surface area contributed by atoms with Crippen LogP contribution in [0.25, 0.3) is 0 Å². The fraction of sp³-hybridized carbons (Fsp3) is 0.706. The standard InChI is InChI=1S/C17H28BrN/c18-14-10-8-6-4-2-1-3-5-7-9-11-17-12-15-19-16-13-17/h12-13,15-16H,1-11,14H2. The van der Waals surface area contributed by atoms with E-state index in [9.17, 15) is 0 Å². The topological polar surface area (TPSA) is 12.9 Å². The van der Waals surface area contributed by atoms with E-state index in [1.165, 1.54) is 81.5 Å². The Morgan fingerprint density at radius 1 is 0.684 bits per heavy atom. The zero-order valence-corrected chi connectivity index (χ0v) is 13.7. The van der Waals surface area contributed by atoms with Crippen LogP contribution in [0.5, 0.6) is 0 Å². The number of unbranched alkanes of at least 4 members (excludes halogenated alkanes) is 9. The van der Waals surface area contributed by atoms with Crippen LogP contribution in [0, 0.1) is 0 Å². The van der Waals surface area contributed by atoms with E-state index >= 15 is 0 Å². The molecule has 0 atom stereocenters. The minimum Gasteiger partial charge on any atom is -0.265 e. The number of halogens is 1. The summed E-state index contributed by atoms with van der Waals surface area (Å²) in [5.41, 5.74) is 1.43. The number of pyridine rings is 1. The number of aryl methyl sites for hydroxylation is 1. The largest absolute Gasteiger partial charge is 0.265 e. The summed E-state index contributed by atoms with van der Waals surface area (Å²) in [5.74, 6) is 0. The van der Waals surface area contributed by atoms with E-state index in [0.717, 1.165) is 0 Å². The van der Waals surface area contributed by atoms with Crippen LogP contribution in [-0.2, 0) is 6.42 Å². The second-order valence-corrected chi connectivity index (χ2v) is 6.12. The molecule has 0 saturated heterocycles. The molecule has 0 N–H and O–H groups in total. The number of hydrogen-bond acceptors (Lipinski definition) is 1. The van der Waals surface area contributed by atoms with Gasteiger partial charge in [0.15, 0.2) is 0 Å². The molecule has 0 amide bonds. The molecule has 0 unspecified atom stereocenters. The highest BCUT2D eigenvalue weighted by Crippen LogP contribution is 2.12. The molecule has 0 aliphatic rings. The first-order valence-electron chi connectivity index (χ1n) is 7.88. The van der Waals surface area contributed by atoms with Crippen LogP contribution in [0.15, 0.2) is 24.5 Å². The molecule has 0 radical (unpaired) electrons. The van der Waals surface area contributed by atoms with Gasteiger partial charge < -0.3 is 0 Å². The lowest BCUT2D eigenvalue weighted by molar-refractivity contribution is 0.557. The molecule has 1 rings (SSSR count). The summed E-state index contributed by atoms with van der Waals surface area (Å²) >= 11 is 3.48. The molecule has 2 heteroatoms. The van der Waals surface area contributed by atoms with Gasteiger partial charge in [0, 0.05) is 17.7 Å². The van der Waals surface area contributed by atoms with Gasteiger partial charge in [-0.15, -0.1) is 0 Å². The molecule has 0 saturated carbocycles. The molecule has 0 aliphatic heterocycles. The molecule has 108 valence electrons. The normalized spacial score (nSPS) is 10.8. The Labute approximate surface area is 127 Å². The highest BCUT2D eigenvalue weighted by molar-refractivity contribution is 9.09. The Balaban J connectivity index is 1.79. The van der Waals surface area contributed by atoms with Crippen molar-refractivity contribution in [1.29, 1.82) is 0 Å². The van der Waals surface area contributed by atoms with Gasteiger partial charge in [-0.25, -0.2) is 0 Å². The summed E-state index contributed by atoms with van der Waals surface area (Å²) in [4.78, 5) is 4.05. The Morgan fingerprint density at radius 3 is 1.68 bits per heavy atom. The highest BCUT2D eigenvalue weighted by Gasteiger charge is 1.94. The van der Waals surface area contributed by atoms with Gasteiger partial charge in [0.25, 0.3) is 0 Å². The van der Waals surface area contributed by atoms with Crippen molar-refractivity contribution >= 4 is 15.9 Å². The quantitative estimate of drug-likeness (QED) is 0.343. The SMILES string of the molecule is BrCCCCCCCCCCCCc1ccncc1. The van der Waals surface area contributed by atoms with Crippen molar-refractivity contribution in [2.45, 2.75) is 70.6 Å². The summed E-state index contributed by atoms with van der Waals surface area (Å²) in [6.07, 6.45) is 19.0. The first kappa shape index (κ1) is 16.7. The first-order valence-corrected chi connectivity index (χ1v) is 9.00. The van der Waals surface area contributed by atoms with Gasteiger partial charge in [-0.2, -0.15) is 0 Å². The maximum Gasteiger partial charge on any atom is 0.0270 e. The molecular weight excluding hydrogens is 298 g/mol. The van der Waals surface area contributed by atoms with Crippen molar-refractivity contribution in [2.75, 3.05) is 5.33 Å². The van der Waals surface area contributed by atoms with E-state index in [1.807, 2.05) is 12.4 Å². The highest BCUT2D eigenvalue weighted by atomic mass is 79.9. The number of alkyl halides is 1. The Morgan fingerprint density at radius 2 is 1.16 bits per heavy atom. The summed E-state index contributed by atoms with van der Waals surface area (Å²) in [5, 5.41) is 1.17. The van der Waals surface area contributed by atoms with E-state index in [2.05, 4.69) is 33.0 Å². The van der Waals surface area contributed by atoms with Crippen LogP contribution in [0.3, 0.4) is 0 Å². The molecule has 1 nitrogen and oxygen atoms in total. The summed E-state index contributed by atoms with van der Waals surface area (Å²) in [7, 11) is 0. The minimum absolute atomic E-state index is 1.17. The van der Waals surface area contributed by atoms with Gasteiger partial charge in [0.05, 0.1) is 0 Å². The molecule has 19 heavy (non-hydrogen) atoms. The molecule has 0 spiro atoms. The average Bonchev–Trinajstić information content (AvgIpc) is 2.46. The van der Waals surface area contributed by atoms with E-state index in [4.69, 9.17) is 0 Å². The maximum absolute atomic E-state index is 4.05. The fourth-order valence-electron chi connectivity index (χ4n) is 2.39. The summed E-state index contributed by atoms with van der Waals surface area (Å²) < 4.78 is 0. The fourth-order valence-corrected chi connectivity index (χ4v) is 2.78. The number of nitrogens with zero attached hydrogens (tertiary/aromatic N) is 1. The van der Waals surface area contributed by atoms with Crippen LogP contribution in [0.4, 0.5) is 0 Å². The first-order chi connectivity index (χ1) is 9.43.